The topological polar surface area (TPSA) is 29.1 Å². The number of hydrogen-bond donors (Lipinski definition) is 1. The van der Waals surface area contributed by atoms with Crippen molar-refractivity contribution < 1.29 is 9.18 Å². The third kappa shape index (κ3) is 1.78. The van der Waals surface area contributed by atoms with Crippen LogP contribution >= 0.6 is 12.4 Å². The molecule has 0 unspecified atom stereocenters. The van der Waals surface area contributed by atoms with Gasteiger partial charge in [0.1, 0.15) is 5.82 Å². The van der Waals surface area contributed by atoms with Crippen LogP contribution in [0.1, 0.15) is 35.2 Å². The van der Waals surface area contributed by atoms with Crippen molar-refractivity contribution in [2.45, 2.75) is 24.7 Å². The minimum Gasteiger partial charge on any atom is -0.317 e. The van der Waals surface area contributed by atoms with Gasteiger partial charge in [-0.3, -0.25) is 4.79 Å². The van der Waals surface area contributed by atoms with E-state index >= 15 is 0 Å². The molecule has 1 saturated heterocycles. The summed E-state index contributed by atoms with van der Waals surface area (Å²) in [5.74, 6) is -0.0957. The fourth-order valence-corrected chi connectivity index (χ4v) is 3.12. The molecule has 3 rings (SSSR count). The Kier molecular flexibility index (Phi) is 3.23. The summed E-state index contributed by atoms with van der Waals surface area (Å²) in [6.07, 6.45) is 2.23. The van der Waals surface area contributed by atoms with E-state index in [-0.39, 0.29) is 29.4 Å². The molecule has 0 aromatic heterocycles. The number of ketones is 1. The summed E-state index contributed by atoms with van der Waals surface area (Å²) in [5, 5.41) is 3.27. The van der Waals surface area contributed by atoms with Gasteiger partial charge >= 0.3 is 0 Å². The lowest BCUT2D eigenvalue weighted by Crippen LogP contribution is -2.39. The van der Waals surface area contributed by atoms with Crippen LogP contribution in [0.2, 0.25) is 0 Å². The number of benzene rings is 1. The third-order valence-corrected chi connectivity index (χ3v) is 3.90. The van der Waals surface area contributed by atoms with Crippen molar-refractivity contribution in [1.82, 2.24) is 5.32 Å². The molecule has 0 radical (unpaired) electrons. The quantitative estimate of drug-likeness (QED) is 0.772. The second-order valence-electron chi connectivity index (χ2n) is 4.79. The van der Waals surface area contributed by atoms with Gasteiger partial charge in [0.15, 0.2) is 5.78 Å². The first-order valence-corrected chi connectivity index (χ1v) is 5.76. The number of carbonyl (C=O) groups excluding carboxylic acids is 1. The Morgan fingerprint density at radius 1 is 1.24 bits per heavy atom. The highest BCUT2D eigenvalue weighted by Crippen LogP contribution is 2.45. The van der Waals surface area contributed by atoms with Gasteiger partial charge in [0.25, 0.3) is 0 Å². The first-order valence-electron chi connectivity index (χ1n) is 5.76. The molecule has 1 fully saturated rings. The van der Waals surface area contributed by atoms with Crippen LogP contribution in [0.5, 0.6) is 0 Å². The van der Waals surface area contributed by atoms with Crippen LogP contribution in [-0.2, 0) is 5.41 Å². The summed E-state index contributed by atoms with van der Waals surface area (Å²) in [4.78, 5) is 11.9. The number of carbonyl (C=O) groups is 1. The fourth-order valence-electron chi connectivity index (χ4n) is 3.12. The van der Waals surface area contributed by atoms with Crippen molar-refractivity contribution in [2.24, 2.45) is 0 Å². The van der Waals surface area contributed by atoms with Gasteiger partial charge in [0.05, 0.1) is 0 Å². The fraction of sp³-hybridized carbons (Fsp3) is 0.462. The van der Waals surface area contributed by atoms with Crippen molar-refractivity contribution in [3.05, 3.63) is 35.1 Å². The molecule has 0 saturated carbocycles. The summed E-state index contributed by atoms with van der Waals surface area (Å²) >= 11 is 0. The van der Waals surface area contributed by atoms with E-state index in [1.807, 2.05) is 0 Å². The lowest BCUT2D eigenvalue weighted by atomic mass is 9.74. The highest BCUT2D eigenvalue weighted by molar-refractivity contribution is 6.02. The Morgan fingerprint density at radius 3 is 2.65 bits per heavy atom. The molecule has 1 aromatic rings. The Morgan fingerprint density at radius 2 is 1.94 bits per heavy atom. The molecule has 1 aliphatic heterocycles. The van der Waals surface area contributed by atoms with Crippen molar-refractivity contribution in [3.63, 3.8) is 0 Å². The minimum absolute atomic E-state index is 0. The Balaban J connectivity index is 0.00000108. The number of piperidine rings is 1. The van der Waals surface area contributed by atoms with Crippen LogP contribution in [-0.4, -0.2) is 18.9 Å². The van der Waals surface area contributed by atoms with Crippen LogP contribution in [0.4, 0.5) is 4.39 Å². The molecule has 0 bridgehead atoms. The highest BCUT2D eigenvalue weighted by atomic mass is 35.5. The van der Waals surface area contributed by atoms with Crippen LogP contribution in [0.3, 0.4) is 0 Å². The second-order valence-corrected chi connectivity index (χ2v) is 4.79. The van der Waals surface area contributed by atoms with Gasteiger partial charge in [-0.05, 0) is 32.0 Å². The Labute approximate surface area is 106 Å². The summed E-state index contributed by atoms with van der Waals surface area (Å²) < 4.78 is 13.9. The van der Waals surface area contributed by atoms with E-state index in [1.54, 1.807) is 12.1 Å². The average molecular weight is 256 g/mol. The van der Waals surface area contributed by atoms with Gasteiger partial charge in [-0.1, -0.05) is 12.1 Å². The molecule has 1 spiro atoms. The Hall–Kier alpha value is -0.930. The predicted octanol–water partition coefficient (Wildman–Crippen LogP) is 2.46. The second kappa shape index (κ2) is 4.39. The van der Waals surface area contributed by atoms with Crippen LogP contribution in [0.15, 0.2) is 18.2 Å². The zero-order valence-corrected chi connectivity index (χ0v) is 10.3. The van der Waals surface area contributed by atoms with E-state index in [0.717, 1.165) is 25.9 Å². The van der Waals surface area contributed by atoms with Crippen LogP contribution in [0.25, 0.3) is 0 Å². The maximum Gasteiger partial charge on any atom is 0.164 e. The zero-order chi connectivity index (χ0) is 11.2. The summed E-state index contributed by atoms with van der Waals surface area (Å²) in [7, 11) is 0. The summed E-state index contributed by atoms with van der Waals surface area (Å²) in [5.41, 5.74) is 1.08. The normalized spacial score (nSPS) is 21.1. The number of halogens is 2. The predicted molar refractivity (Wildman–Crippen MR) is 66.4 cm³/mol. The zero-order valence-electron chi connectivity index (χ0n) is 9.46. The molecule has 4 heteroatoms. The molecule has 0 atom stereocenters. The van der Waals surface area contributed by atoms with Gasteiger partial charge in [-0.25, -0.2) is 4.39 Å². The molecule has 1 heterocycles. The van der Waals surface area contributed by atoms with E-state index in [1.165, 1.54) is 6.07 Å². The minimum atomic E-state index is -0.219. The maximum atomic E-state index is 13.9. The van der Waals surface area contributed by atoms with Gasteiger partial charge in [-0.2, -0.15) is 0 Å². The molecule has 17 heavy (non-hydrogen) atoms. The first kappa shape index (κ1) is 12.5. The molecule has 2 aliphatic rings. The van der Waals surface area contributed by atoms with Crippen molar-refractivity contribution in [3.8, 4) is 0 Å². The molecule has 1 aromatic carbocycles. The van der Waals surface area contributed by atoms with Crippen LogP contribution < -0.4 is 5.32 Å². The number of hydrogen-bond acceptors (Lipinski definition) is 2. The molecule has 92 valence electrons. The van der Waals surface area contributed by atoms with Crippen LogP contribution in [0, 0.1) is 5.82 Å². The van der Waals surface area contributed by atoms with Crippen molar-refractivity contribution in [1.29, 1.82) is 0 Å². The monoisotopic (exact) mass is 255 g/mol. The summed E-state index contributed by atoms with van der Waals surface area (Å²) in [6, 6.07) is 4.87. The molecule has 0 amide bonds. The SMILES string of the molecule is Cl.O=C1CC2(CCNCC2)c2c(F)cccc21. The molecular weight excluding hydrogens is 241 g/mol. The molecular formula is C13H15ClFNO. The van der Waals surface area contributed by atoms with E-state index in [4.69, 9.17) is 0 Å². The Bertz CT molecular complexity index is 455. The standard InChI is InChI=1S/C13H14FNO.ClH/c14-10-3-1-2-9-11(16)8-13(12(9)10)4-6-15-7-5-13;/h1-3,15H,4-8H2;1H. The average Bonchev–Trinajstić information content (AvgIpc) is 2.55. The molecule has 2 nitrogen and oxygen atoms in total. The number of nitrogens with one attached hydrogen (secondary N) is 1. The highest BCUT2D eigenvalue weighted by Gasteiger charge is 2.45. The van der Waals surface area contributed by atoms with E-state index in [2.05, 4.69) is 5.32 Å². The van der Waals surface area contributed by atoms with Crippen molar-refractivity contribution in [2.75, 3.05) is 13.1 Å². The number of fused-ring (bicyclic) bond motifs is 2. The number of rotatable bonds is 0. The summed E-state index contributed by atoms with van der Waals surface area (Å²) in [6.45, 7) is 1.75. The molecule has 1 N–H and O–H groups in total. The number of Topliss-reactive ketones (excluding diaryl/α,β-unsaturated/α-hetero) is 1. The van der Waals surface area contributed by atoms with Gasteiger partial charge < -0.3 is 5.32 Å². The maximum absolute atomic E-state index is 13.9. The largest absolute Gasteiger partial charge is 0.317 e. The molecule has 1 aliphatic carbocycles. The van der Waals surface area contributed by atoms with Gasteiger partial charge in [-0.15, -0.1) is 12.4 Å². The lowest BCUT2D eigenvalue weighted by molar-refractivity contribution is 0.0964. The van der Waals surface area contributed by atoms with E-state index in [9.17, 15) is 9.18 Å². The third-order valence-electron chi connectivity index (χ3n) is 3.90. The van der Waals surface area contributed by atoms with E-state index < -0.39 is 0 Å². The van der Waals surface area contributed by atoms with E-state index in [0.29, 0.717) is 17.5 Å². The smallest absolute Gasteiger partial charge is 0.164 e. The lowest BCUT2D eigenvalue weighted by Gasteiger charge is -2.34. The first-order chi connectivity index (χ1) is 7.73. The van der Waals surface area contributed by atoms with Crippen molar-refractivity contribution >= 4 is 18.2 Å². The van der Waals surface area contributed by atoms with Gasteiger partial charge in [0, 0.05) is 23.0 Å². The van der Waals surface area contributed by atoms with Gasteiger partial charge in [0.2, 0.25) is 0 Å².